The minimum atomic E-state index is -0.225. The lowest BCUT2D eigenvalue weighted by Gasteiger charge is -2.32. The first-order valence-electron chi connectivity index (χ1n) is 11.4. The first-order valence-corrected chi connectivity index (χ1v) is 11.4. The number of para-hydroxylation sites is 2. The predicted molar refractivity (Wildman–Crippen MR) is 123 cm³/mol. The number of rotatable bonds is 5. The summed E-state index contributed by atoms with van der Waals surface area (Å²) in [5.74, 6) is -0.281. The smallest absolute Gasteiger partial charge is 0.230 e. The van der Waals surface area contributed by atoms with Gasteiger partial charge in [0.05, 0.1) is 5.92 Å². The number of benzene rings is 2. The first kappa shape index (κ1) is 19.9. The number of aromatic nitrogens is 1. The van der Waals surface area contributed by atoms with Gasteiger partial charge in [-0.25, -0.2) is 0 Å². The van der Waals surface area contributed by atoms with E-state index in [1.54, 1.807) is 0 Å². The van der Waals surface area contributed by atoms with Gasteiger partial charge in [-0.1, -0.05) is 49.2 Å². The van der Waals surface area contributed by atoms with E-state index in [-0.39, 0.29) is 23.7 Å². The zero-order valence-corrected chi connectivity index (χ0v) is 17.8. The molecule has 5 heteroatoms. The Labute approximate surface area is 182 Å². The van der Waals surface area contributed by atoms with Crippen molar-refractivity contribution >= 4 is 28.4 Å². The molecule has 160 valence electrons. The Balaban J connectivity index is 1.24. The fraction of sp³-hybridized carbons (Fsp3) is 0.385. The molecule has 2 amide bonds. The van der Waals surface area contributed by atoms with Crippen LogP contribution in [0.1, 0.15) is 36.8 Å². The second-order valence-corrected chi connectivity index (χ2v) is 8.77. The number of nitrogens with one attached hydrogen (secondary N) is 2. The quantitative estimate of drug-likeness (QED) is 0.655. The molecule has 2 unspecified atom stereocenters. The SMILES string of the molecule is O=C(NCCc1c[nH]c2ccccc12)C1CCCCC1C(=O)N1CCc2ccccc21. The zero-order valence-electron chi connectivity index (χ0n) is 17.8. The van der Waals surface area contributed by atoms with E-state index < -0.39 is 0 Å². The lowest BCUT2D eigenvalue weighted by Crippen LogP contribution is -2.45. The molecule has 2 N–H and O–H groups in total. The Kier molecular flexibility index (Phi) is 5.49. The summed E-state index contributed by atoms with van der Waals surface area (Å²) >= 11 is 0. The van der Waals surface area contributed by atoms with Crippen LogP contribution in [0.3, 0.4) is 0 Å². The minimum Gasteiger partial charge on any atom is -0.361 e. The Morgan fingerprint density at radius 1 is 1.00 bits per heavy atom. The molecule has 31 heavy (non-hydrogen) atoms. The molecule has 3 aromatic rings. The van der Waals surface area contributed by atoms with E-state index in [2.05, 4.69) is 28.5 Å². The lowest BCUT2D eigenvalue weighted by atomic mass is 9.77. The van der Waals surface area contributed by atoms with E-state index in [0.717, 1.165) is 56.3 Å². The highest BCUT2D eigenvalue weighted by Gasteiger charge is 2.39. The fourth-order valence-corrected chi connectivity index (χ4v) is 5.30. The molecule has 1 fully saturated rings. The van der Waals surface area contributed by atoms with Gasteiger partial charge in [0.2, 0.25) is 11.8 Å². The molecule has 1 aromatic heterocycles. The van der Waals surface area contributed by atoms with Crippen LogP contribution in [0.15, 0.2) is 54.7 Å². The molecule has 0 spiro atoms. The molecule has 2 aromatic carbocycles. The minimum absolute atomic E-state index is 0.0328. The number of hydrogen-bond donors (Lipinski definition) is 2. The Morgan fingerprint density at radius 3 is 2.68 bits per heavy atom. The van der Waals surface area contributed by atoms with Crippen LogP contribution in [0.5, 0.6) is 0 Å². The summed E-state index contributed by atoms with van der Waals surface area (Å²) in [5, 5.41) is 4.33. The van der Waals surface area contributed by atoms with Crippen molar-refractivity contribution in [2.45, 2.75) is 38.5 Å². The number of aromatic amines is 1. The molecule has 0 radical (unpaired) electrons. The highest BCUT2D eigenvalue weighted by molar-refractivity contribution is 5.99. The average molecular weight is 416 g/mol. The number of carbonyl (C=O) groups excluding carboxylic acids is 2. The van der Waals surface area contributed by atoms with Crippen LogP contribution in [0.25, 0.3) is 10.9 Å². The maximum Gasteiger partial charge on any atom is 0.230 e. The first-order chi connectivity index (χ1) is 15.2. The molecule has 1 aliphatic carbocycles. The van der Waals surface area contributed by atoms with E-state index >= 15 is 0 Å². The van der Waals surface area contributed by atoms with E-state index in [1.165, 1.54) is 16.5 Å². The van der Waals surface area contributed by atoms with Gasteiger partial charge in [0, 0.05) is 41.8 Å². The molecular weight excluding hydrogens is 386 g/mol. The summed E-state index contributed by atoms with van der Waals surface area (Å²) in [6.07, 6.45) is 7.33. The summed E-state index contributed by atoms with van der Waals surface area (Å²) in [5.41, 5.74) is 4.58. The number of hydrogen-bond acceptors (Lipinski definition) is 2. The van der Waals surface area contributed by atoms with Crippen molar-refractivity contribution in [3.63, 3.8) is 0 Å². The van der Waals surface area contributed by atoms with Crippen molar-refractivity contribution < 1.29 is 9.59 Å². The van der Waals surface area contributed by atoms with Gasteiger partial charge in [-0.15, -0.1) is 0 Å². The number of nitrogens with zero attached hydrogens (tertiary/aromatic N) is 1. The molecule has 2 aliphatic rings. The zero-order chi connectivity index (χ0) is 21.2. The van der Waals surface area contributed by atoms with Crippen molar-refractivity contribution in [3.05, 3.63) is 65.9 Å². The van der Waals surface area contributed by atoms with Gasteiger partial charge >= 0.3 is 0 Å². The highest BCUT2D eigenvalue weighted by atomic mass is 16.2. The Hall–Kier alpha value is -3.08. The van der Waals surface area contributed by atoms with E-state index in [0.29, 0.717) is 6.54 Å². The maximum atomic E-state index is 13.4. The van der Waals surface area contributed by atoms with Crippen LogP contribution in [-0.2, 0) is 22.4 Å². The van der Waals surface area contributed by atoms with Crippen LogP contribution in [0, 0.1) is 11.8 Å². The van der Waals surface area contributed by atoms with Crippen molar-refractivity contribution in [1.82, 2.24) is 10.3 Å². The summed E-state index contributed by atoms with van der Waals surface area (Å²) in [7, 11) is 0. The third-order valence-electron chi connectivity index (χ3n) is 6.94. The predicted octanol–water partition coefficient (Wildman–Crippen LogP) is 4.22. The summed E-state index contributed by atoms with van der Waals surface area (Å²) in [6, 6.07) is 16.4. The van der Waals surface area contributed by atoms with Crippen molar-refractivity contribution in [2.75, 3.05) is 18.0 Å². The largest absolute Gasteiger partial charge is 0.361 e. The molecule has 2 atom stereocenters. The van der Waals surface area contributed by atoms with Crippen LogP contribution >= 0.6 is 0 Å². The number of fused-ring (bicyclic) bond motifs is 2. The van der Waals surface area contributed by atoms with Gasteiger partial charge in [-0.05, 0) is 48.9 Å². The standard InChI is InChI=1S/C26H29N3O2/c30-25(27-15-13-19-17-28-23-11-5-4-8-20(19)23)21-9-2-3-10-22(21)26(31)29-16-14-18-7-1-6-12-24(18)29/h1,4-8,11-12,17,21-22,28H,2-3,9-10,13-16H2,(H,27,30). The van der Waals surface area contributed by atoms with Crippen LogP contribution in [0.4, 0.5) is 5.69 Å². The van der Waals surface area contributed by atoms with Crippen LogP contribution in [-0.4, -0.2) is 29.9 Å². The topological polar surface area (TPSA) is 65.2 Å². The normalized spacial score (nSPS) is 20.6. The molecule has 1 aliphatic heterocycles. The summed E-state index contributed by atoms with van der Waals surface area (Å²) in [4.78, 5) is 31.7. The molecule has 5 nitrogen and oxygen atoms in total. The summed E-state index contributed by atoms with van der Waals surface area (Å²) < 4.78 is 0. The van der Waals surface area contributed by atoms with Crippen LogP contribution < -0.4 is 10.2 Å². The number of carbonyl (C=O) groups is 2. The average Bonchev–Trinajstić information content (AvgIpc) is 3.43. The van der Waals surface area contributed by atoms with Crippen molar-refractivity contribution in [1.29, 1.82) is 0 Å². The second kappa shape index (κ2) is 8.58. The molecule has 0 bridgehead atoms. The van der Waals surface area contributed by atoms with Crippen molar-refractivity contribution in [3.8, 4) is 0 Å². The van der Waals surface area contributed by atoms with Crippen molar-refractivity contribution in [2.24, 2.45) is 11.8 Å². The second-order valence-electron chi connectivity index (χ2n) is 8.77. The lowest BCUT2D eigenvalue weighted by molar-refractivity contribution is -0.135. The van der Waals surface area contributed by atoms with E-state index in [9.17, 15) is 9.59 Å². The monoisotopic (exact) mass is 415 g/mol. The third-order valence-corrected chi connectivity index (χ3v) is 6.94. The third kappa shape index (κ3) is 3.85. The maximum absolute atomic E-state index is 13.4. The van der Waals surface area contributed by atoms with Gasteiger partial charge in [0.1, 0.15) is 0 Å². The number of anilines is 1. The van der Waals surface area contributed by atoms with Gasteiger partial charge in [-0.3, -0.25) is 9.59 Å². The summed E-state index contributed by atoms with van der Waals surface area (Å²) in [6.45, 7) is 1.31. The molecule has 0 saturated heterocycles. The number of amides is 2. The van der Waals surface area contributed by atoms with E-state index in [4.69, 9.17) is 0 Å². The Bertz CT molecular complexity index is 1100. The number of H-pyrrole nitrogens is 1. The van der Waals surface area contributed by atoms with Gasteiger partial charge in [0.15, 0.2) is 0 Å². The van der Waals surface area contributed by atoms with E-state index in [1.807, 2.05) is 41.4 Å². The van der Waals surface area contributed by atoms with Gasteiger partial charge in [-0.2, -0.15) is 0 Å². The molecule has 1 saturated carbocycles. The molecular formula is C26H29N3O2. The fourth-order valence-electron chi connectivity index (χ4n) is 5.30. The van der Waals surface area contributed by atoms with Crippen LogP contribution in [0.2, 0.25) is 0 Å². The molecule has 5 rings (SSSR count). The van der Waals surface area contributed by atoms with Gasteiger partial charge < -0.3 is 15.2 Å². The van der Waals surface area contributed by atoms with Gasteiger partial charge in [0.25, 0.3) is 0 Å². The highest BCUT2D eigenvalue weighted by Crippen LogP contribution is 2.36. The Morgan fingerprint density at radius 2 is 1.77 bits per heavy atom. The molecule has 2 heterocycles.